The van der Waals surface area contributed by atoms with Gasteiger partial charge in [0.1, 0.15) is 12.4 Å². The molecule has 0 radical (unpaired) electrons. The lowest BCUT2D eigenvalue weighted by atomic mass is 10.3. The van der Waals surface area contributed by atoms with Crippen LogP contribution in [0.4, 0.5) is 0 Å². The van der Waals surface area contributed by atoms with Crippen molar-refractivity contribution < 1.29 is 17.9 Å². The first-order valence-electron chi connectivity index (χ1n) is 5.31. The molecule has 2 rings (SSSR count). The molecule has 1 aromatic rings. The van der Waals surface area contributed by atoms with E-state index in [2.05, 4.69) is 0 Å². The molecule has 1 aliphatic rings. The quantitative estimate of drug-likeness (QED) is 0.885. The average Bonchev–Trinajstić information content (AvgIpc) is 2.98. The molecule has 96 valence electrons. The summed E-state index contributed by atoms with van der Waals surface area (Å²) in [6.07, 6.45) is 0.869. The summed E-state index contributed by atoms with van der Waals surface area (Å²) < 4.78 is 30.8. The van der Waals surface area contributed by atoms with Crippen molar-refractivity contribution >= 4 is 21.8 Å². The molecule has 0 amide bonds. The highest BCUT2D eigenvalue weighted by Gasteiger charge is 2.32. The molecular weight excluding hydrogens is 262 g/mol. The van der Waals surface area contributed by atoms with Crippen LogP contribution in [0.1, 0.15) is 12.2 Å². The van der Waals surface area contributed by atoms with Crippen LogP contribution in [-0.2, 0) is 16.6 Å². The Morgan fingerprint density at radius 1 is 1.59 bits per heavy atom. The van der Waals surface area contributed by atoms with Crippen molar-refractivity contribution in [2.75, 3.05) is 18.6 Å². The Morgan fingerprint density at radius 2 is 2.35 bits per heavy atom. The lowest BCUT2D eigenvalue weighted by Crippen LogP contribution is -2.36. The lowest BCUT2D eigenvalue weighted by Gasteiger charge is -2.21. The molecule has 0 saturated carbocycles. The molecule has 7 heteroatoms. The molecule has 17 heavy (non-hydrogen) atoms. The molecule has 0 aliphatic carbocycles. The zero-order valence-electron chi connectivity index (χ0n) is 9.50. The van der Waals surface area contributed by atoms with E-state index in [0.29, 0.717) is 0 Å². The predicted molar refractivity (Wildman–Crippen MR) is 65.3 cm³/mol. The Hall–Kier alpha value is -0.500. The fourth-order valence-corrected chi connectivity index (χ4v) is 4.40. The first-order chi connectivity index (χ1) is 8.05. The van der Waals surface area contributed by atoms with Gasteiger partial charge in [-0.3, -0.25) is 0 Å². The van der Waals surface area contributed by atoms with Crippen LogP contribution >= 0.6 is 11.8 Å². The van der Waals surface area contributed by atoms with E-state index < -0.39 is 10.0 Å². The molecule has 0 spiro atoms. The summed E-state index contributed by atoms with van der Waals surface area (Å²) in [5.41, 5.74) is 0. The van der Waals surface area contributed by atoms with E-state index in [9.17, 15) is 8.42 Å². The van der Waals surface area contributed by atoms with Gasteiger partial charge in [0.15, 0.2) is 0 Å². The molecule has 1 unspecified atom stereocenters. The van der Waals surface area contributed by atoms with Gasteiger partial charge in [0, 0.05) is 18.8 Å². The maximum absolute atomic E-state index is 12.2. The predicted octanol–water partition coefficient (Wildman–Crippen LogP) is 0.898. The first-order valence-corrected chi connectivity index (χ1v) is 7.90. The van der Waals surface area contributed by atoms with Gasteiger partial charge in [0.2, 0.25) is 5.09 Å². The number of furan rings is 1. The Labute approximate surface area is 105 Å². The molecule has 1 fully saturated rings. The fourth-order valence-electron chi connectivity index (χ4n) is 1.73. The van der Waals surface area contributed by atoms with Crippen molar-refractivity contribution in [3.8, 4) is 0 Å². The molecule has 1 aromatic heterocycles. The van der Waals surface area contributed by atoms with E-state index in [-0.39, 0.29) is 23.5 Å². The maximum Gasteiger partial charge on any atom is 0.276 e. The normalized spacial score (nSPS) is 21.2. The van der Waals surface area contributed by atoms with Crippen LogP contribution in [0.3, 0.4) is 0 Å². The number of hydrogen-bond donors (Lipinski definition) is 1. The van der Waals surface area contributed by atoms with E-state index >= 15 is 0 Å². The van der Waals surface area contributed by atoms with Gasteiger partial charge in [-0.05, 0) is 24.3 Å². The standard InChI is InChI=1S/C10H15NO4S2/c1-11(8-4-5-16-7-8)17(13,14)10-3-2-9(6-12)15-10/h2-3,8,12H,4-7H2,1H3. The van der Waals surface area contributed by atoms with E-state index in [4.69, 9.17) is 9.52 Å². The van der Waals surface area contributed by atoms with Crippen LogP contribution in [-0.4, -0.2) is 42.4 Å². The van der Waals surface area contributed by atoms with Crippen LogP contribution in [0.25, 0.3) is 0 Å². The minimum absolute atomic E-state index is 0.0349. The van der Waals surface area contributed by atoms with Crippen LogP contribution < -0.4 is 0 Å². The van der Waals surface area contributed by atoms with Gasteiger partial charge in [-0.1, -0.05) is 0 Å². The summed E-state index contributed by atoms with van der Waals surface area (Å²) in [6, 6.07) is 2.90. The molecule has 1 saturated heterocycles. The molecule has 5 nitrogen and oxygen atoms in total. The molecule has 0 aromatic carbocycles. The fraction of sp³-hybridized carbons (Fsp3) is 0.600. The summed E-state index contributed by atoms with van der Waals surface area (Å²) in [6.45, 7) is -0.293. The maximum atomic E-state index is 12.2. The second-order valence-electron chi connectivity index (χ2n) is 3.92. The number of thioether (sulfide) groups is 1. The van der Waals surface area contributed by atoms with Crippen LogP contribution in [0.15, 0.2) is 21.6 Å². The molecular formula is C10H15NO4S2. The van der Waals surface area contributed by atoms with Gasteiger partial charge in [-0.2, -0.15) is 16.1 Å². The van der Waals surface area contributed by atoms with Gasteiger partial charge in [-0.25, -0.2) is 8.42 Å². The van der Waals surface area contributed by atoms with Crippen molar-refractivity contribution in [2.24, 2.45) is 0 Å². The van der Waals surface area contributed by atoms with Crippen molar-refractivity contribution in [3.05, 3.63) is 17.9 Å². The Morgan fingerprint density at radius 3 is 2.88 bits per heavy atom. The van der Waals surface area contributed by atoms with Crippen molar-refractivity contribution in [1.82, 2.24) is 4.31 Å². The van der Waals surface area contributed by atoms with E-state index in [1.54, 1.807) is 18.8 Å². The number of nitrogens with zero attached hydrogens (tertiary/aromatic N) is 1. The minimum atomic E-state index is -3.57. The zero-order valence-corrected chi connectivity index (χ0v) is 11.1. The first kappa shape index (κ1) is 12.9. The minimum Gasteiger partial charge on any atom is -0.446 e. The van der Waals surface area contributed by atoms with E-state index in [0.717, 1.165) is 17.9 Å². The zero-order chi connectivity index (χ0) is 12.5. The Bertz CT molecular complexity index is 476. The summed E-state index contributed by atoms with van der Waals surface area (Å²) in [5.74, 6) is 2.08. The van der Waals surface area contributed by atoms with Gasteiger partial charge in [0.05, 0.1) is 0 Å². The monoisotopic (exact) mass is 277 g/mol. The summed E-state index contributed by atoms with van der Waals surface area (Å²) in [7, 11) is -1.99. The van der Waals surface area contributed by atoms with Gasteiger partial charge in [0.25, 0.3) is 10.0 Å². The summed E-state index contributed by atoms with van der Waals surface area (Å²) in [4.78, 5) is 0. The highest BCUT2D eigenvalue weighted by atomic mass is 32.2. The van der Waals surface area contributed by atoms with Crippen molar-refractivity contribution in [2.45, 2.75) is 24.2 Å². The molecule has 1 N–H and O–H groups in total. The largest absolute Gasteiger partial charge is 0.446 e. The van der Waals surface area contributed by atoms with Gasteiger partial charge in [-0.15, -0.1) is 0 Å². The van der Waals surface area contributed by atoms with E-state index in [1.807, 2.05) is 0 Å². The van der Waals surface area contributed by atoms with Gasteiger partial charge >= 0.3 is 0 Å². The third-order valence-electron chi connectivity index (χ3n) is 2.85. The second kappa shape index (κ2) is 5.01. The van der Waals surface area contributed by atoms with Crippen LogP contribution in [0, 0.1) is 0 Å². The average molecular weight is 277 g/mol. The molecule has 1 aliphatic heterocycles. The highest BCUT2D eigenvalue weighted by Crippen LogP contribution is 2.26. The third-order valence-corrected chi connectivity index (χ3v) is 5.78. The topological polar surface area (TPSA) is 70.8 Å². The van der Waals surface area contributed by atoms with Crippen molar-refractivity contribution in [1.29, 1.82) is 0 Å². The molecule has 1 atom stereocenters. The number of sulfonamides is 1. The second-order valence-corrected chi connectivity index (χ2v) is 7.00. The van der Waals surface area contributed by atoms with Crippen molar-refractivity contribution in [3.63, 3.8) is 0 Å². The third kappa shape index (κ3) is 2.52. The van der Waals surface area contributed by atoms with E-state index in [1.165, 1.54) is 16.4 Å². The number of rotatable bonds is 4. The Kier molecular flexibility index (Phi) is 3.82. The van der Waals surface area contributed by atoms with Crippen LogP contribution in [0.5, 0.6) is 0 Å². The summed E-state index contributed by atoms with van der Waals surface area (Å²) in [5, 5.41) is 8.76. The van der Waals surface area contributed by atoms with Crippen LogP contribution in [0.2, 0.25) is 0 Å². The van der Waals surface area contributed by atoms with Gasteiger partial charge < -0.3 is 9.52 Å². The molecule has 0 bridgehead atoms. The lowest BCUT2D eigenvalue weighted by molar-refractivity contribution is 0.234. The summed E-state index contributed by atoms with van der Waals surface area (Å²) >= 11 is 1.75. The number of aliphatic hydroxyl groups excluding tert-OH is 1. The highest BCUT2D eigenvalue weighted by molar-refractivity contribution is 7.99. The number of aliphatic hydroxyl groups is 1. The Balaban J connectivity index is 2.22. The smallest absolute Gasteiger partial charge is 0.276 e. The SMILES string of the molecule is CN(C1CCSC1)S(=O)(=O)c1ccc(CO)o1. The molecule has 2 heterocycles. The number of hydrogen-bond acceptors (Lipinski definition) is 5.